The van der Waals surface area contributed by atoms with Gasteiger partial charge in [0.25, 0.3) is 0 Å². The number of halogens is 5. The number of benzene rings is 2. The lowest BCUT2D eigenvalue weighted by Crippen LogP contribution is -2.24. The molecule has 2 aromatic rings. The first-order valence-corrected chi connectivity index (χ1v) is 8.23. The van der Waals surface area contributed by atoms with E-state index in [0.717, 1.165) is 5.56 Å². The fourth-order valence-electron chi connectivity index (χ4n) is 2.09. The molecule has 2 rings (SSSR count). The standard InChI is InChI=1S/C15H12Br2ClF2N/c1-2-21-15(8-3-5-11(18)10(17)7-8)13-12(19)6-4-9(16)14(13)20/h3-7,15,21H,2H2,1H3. The summed E-state index contributed by atoms with van der Waals surface area (Å²) < 4.78 is 29.4. The molecule has 0 aromatic heterocycles. The first-order chi connectivity index (χ1) is 9.95. The fraction of sp³-hybridized carbons (Fsp3) is 0.200. The average molecular weight is 440 g/mol. The Hall–Kier alpha value is -0.490. The third-order valence-electron chi connectivity index (χ3n) is 3.05. The van der Waals surface area contributed by atoms with Gasteiger partial charge in [-0.3, -0.25) is 0 Å². The maximum Gasteiger partial charge on any atom is 0.145 e. The van der Waals surface area contributed by atoms with Crippen LogP contribution in [0.4, 0.5) is 8.78 Å². The van der Waals surface area contributed by atoms with E-state index in [1.807, 2.05) is 6.92 Å². The van der Waals surface area contributed by atoms with Crippen LogP contribution in [-0.2, 0) is 0 Å². The van der Waals surface area contributed by atoms with Gasteiger partial charge in [-0.1, -0.05) is 24.6 Å². The van der Waals surface area contributed by atoms with Gasteiger partial charge in [0.15, 0.2) is 0 Å². The maximum absolute atomic E-state index is 14.3. The molecule has 0 spiro atoms. The van der Waals surface area contributed by atoms with Crippen molar-refractivity contribution in [2.24, 2.45) is 0 Å². The second-order valence-electron chi connectivity index (χ2n) is 4.42. The first-order valence-electron chi connectivity index (χ1n) is 6.27. The predicted octanol–water partition coefficient (Wildman–Crippen LogP) is 5.84. The lowest BCUT2D eigenvalue weighted by atomic mass is 9.97. The zero-order chi connectivity index (χ0) is 15.6. The molecule has 0 aliphatic rings. The van der Waals surface area contributed by atoms with Crippen molar-refractivity contribution in [3.8, 4) is 0 Å². The van der Waals surface area contributed by atoms with Gasteiger partial charge >= 0.3 is 0 Å². The van der Waals surface area contributed by atoms with Crippen molar-refractivity contribution in [3.63, 3.8) is 0 Å². The summed E-state index contributed by atoms with van der Waals surface area (Å²) >= 11 is 12.4. The molecule has 0 saturated heterocycles. The Bertz CT molecular complexity index is 664. The van der Waals surface area contributed by atoms with Crippen molar-refractivity contribution in [2.75, 3.05) is 6.54 Å². The zero-order valence-corrected chi connectivity index (χ0v) is 15.0. The minimum absolute atomic E-state index is 0.0135. The van der Waals surface area contributed by atoms with E-state index in [-0.39, 0.29) is 10.0 Å². The topological polar surface area (TPSA) is 12.0 Å². The fourth-order valence-corrected chi connectivity index (χ4v) is 2.95. The highest BCUT2D eigenvalue weighted by atomic mass is 79.9. The third-order valence-corrected chi connectivity index (χ3v) is 4.88. The zero-order valence-electron chi connectivity index (χ0n) is 11.1. The van der Waals surface area contributed by atoms with E-state index in [1.54, 1.807) is 18.2 Å². The van der Waals surface area contributed by atoms with Crippen LogP contribution in [-0.4, -0.2) is 6.54 Å². The SMILES string of the molecule is CCNC(c1ccc(Cl)c(Br)c1)c1c(F)ccc(Br)c1F. The molecule has 2 aromatic carbocycles. The molecule has 0 aliphatic carbocycles. The Morgan fingerprint density at radius 2 is 1.86 bits per heavy atom. The predicted molar refractivity (Wildman–Crippen MR) is 88.7 cm³/mol. The molecule has 0 saturated carbocycles. The molecule has 1 unspecified atom stereocenters. The van der Waals surface area contributed by atoms with E-state index in [4.69, 9.17) is 11.6 Å². The van der Waals surface area contributed by atoms with Gasteiger partial charge < -0.3 is 5.32 Å². The summed E-state index contributed by atoms with van der Waals surface area (Å²) in [6.07, 6.45) is 0. The van der Waals surface area contributed by atoms with Gasteiger partial charge in [0, 0.05) is 10.0 Å². The van der Waals surface area contributed by atoms with Crippen LogP contribution in [0.5, 0.6) is 0 Å². The van der Waals surface area contributed by atoms with Gasteiger partial charge in [0.2, 0.25) is 0 Å². The molecule has 0 aliphatic heterocycles. The van der Waals surface area contributed by atoms with Crippen LogP contribution in [0.15, 0.2) is 39.3 Å². The molecule has 6 heteroatoms. The summed E-state index contributed by atoms with van der Waals surface area (Å²) in [4.78, 5) is 0. The molecule has 0 amide bonds. The molecule has 21 heavy (non-hydrogen) atoms. The van der Waals surface area contributed by atoms with Crippen molar-refractivity contribution in [3.05, 3.63) is 67.1 Å². The molecule has 1 nitrogen and oxygen atoms in total. The number of hydrogen-bond acceptors (Lipinski definition) is 1. The largest absolute Gasteiger partial charge is 0.306 e. The van der Waals surface area contributed by atoms with Gasteiger partial charge in [-0.2, -0.15) is 0 Å². The Kier molecular flexibility index (Phi) is 5.77. The van der Waals surface area contributed by atoms with Crippen molar-refractivity contribution >= 4 is 43.5 Å². The van der Waals surface area contributed by atoms with E-state index < -0.39 is 17.7 Å². The Morgan fingerprint density at radius 3 is 2.48 bits per heavy atom. The molecule has 1 atom stereocenters. The van der Waals surface area contributed by atoms with Gasteiger partial charge in [-0.05, 0) is 68.2 Å². The lowest BCUT2D eigenvalue weighted by Gasteiger charge is -2.21. The molecule has 0 fully saturated rings. The van der Waals surface area contributed by atoms with Gasteiger partial charge in [0.05, 0.1) is 15.5 Å². The molecule has 1 N–H and O–H groups in total. The van der Waals surface area contributed by atoms with E-state index >= 15 is 0 Å². The van der Waals surface area contributed by atoms with E-state index in [0.29, 0.717) is 16.0 Å². The Morgan fingerprint density at radius 1 is 1.14 bits per heavy atom. The van der Waals surface area contributed by atoms with Gasteiger partial charge in [0.1, 0.15) is 11.6 Å². The highest BCUT2D eigenvalue weighted by molar-refractivity contribution is 9.10. The monoisotopic (exact) mass is 437 g/mol. The minimum atomic E-state index is -0.605. The van der Waals surface area contributed by atoms with Crippen LogP contribution < -0.4 is 5.32 Å². The maximum atomic E-state index is 14.3. The summed E-state index contributed by atoms with van der Waals surface area (Å²) in [7, 11) is 0. The van der Waals surface area contributed by atoms with Crippen molar-refractivity contribution in [1.82, 2.24) is 5.32 Å². The quantitative estimate of drug-likeness (QED) is 0.590. The second-order valence-corrected chi connectivity index (χ2v) is 6.54. The van der Waals surface area contributed by atoms with Crippen LogP contribution in [0.1, 0.15) is 24.1 Å². The first kappa shape index (κ1) is 16.9. The number of hydrogen-bond donors (Lipinski definition) is 1. The highest BCUT2D eigenvalue weighted by Crippen LogP contribution is 2.33. The van der Waals surface area contributed by atoms with Crippen LogP contribution in [0.25, 0.3) is 0 Å². The second kappa shape index (κ2) is 7.18. The van der Waals surface area contributed by atoms with Crippen LogP contribution in [0, 0.1) is 11.6 Å². The summed E-state index contributed by atoms with van der Waals surface area (Å²) in [5, 5.41) is 3.65. The summed E-state index contributed by atoms with van der Waals surface area (Å²) in [6.45, 7) is 2.45. The Labute approximate surface area is 144 Å². The summed E-state index contributed by atoms with van der Waals surface area (Å²) in [5.74, 6) is -1.19. The number of nitrogens with one attached hydrogen (secondary N) is 1. The van der Waals surface area contributed by atoms with Crippen LogP contribution >= 0.6 is 43.5 Å². The molecule has 0 bridgehead atoms. The average Bonchev–Trinajstić information content (AvgIpc) is 2.45. The van der Waals surface area contributed by atoms with Crippen LogP contribution in [0.2, 0.25) is 5.02 Å². The van der Waals surface area contributed by atoms with Gasteiger partial charge in [-0.25, -0.2) is 8.78 Å². The summed E-state index contributed by atoms with van der Waals surface area (Å²) in [6, 6.07) is 7.21. The van der Waals surface area contributed by atoms with Crippen molar-refractivity contribution < 1.29 is 8.78 Å². The molecular formula is C15H12Br2ClF2N. The molecule has 0 radical (unpaired) electrons. The Balaban J connectivity index is 2.58. The van der Waals surface area contributed by atoms with E-state index in [1.165, 1.54) is 12.1 Å². The van der Waals surface area contributed by atoms with E-state index in [2.05, 4.69) is 37.2 Å². The van der Waals surface area contributed by atoms with Crippen molar-refractivity contribution in [2.45, 2.75) is 13.0 Å². The van der Waals surface area contributed by atoms with Gasteiger partial charge in [-0.15, -0.1) is 0 Å². The normalized spacial score (nSPS) is 12.5. The minimum Gasteiger partial charge on any atom is -0.306 e. The molecule has 0 heterocycles. The van der Waals surface area contributed by atoms with Crippen molar-refractivity contribution in [1.29, 1.82) is 0 Å². The van der Waals surface area contributed by atoms with E-state index in [9.17, 15) is 8.78 Å². The lowest BCUT2D eigenvalue weighted by molar-refractivity contribution is 0.507. The third kappa shape index (κ3) is 3.65. The van der Waals surface area contributed by atoms with Crippen LogP contribution in [0.3, 0.4) is 0 Å². The highest BCUT2D eigenvalue weighted by Gasteiger charge is 2.23. The summed E-state index contributed by atoms with van der Waals surface area (Å²) in [5.41, 5.74) is 0.712. The smallest absolute Gasteiger partial charge is 0.145 e. The molecule has 112 valence electrons. The number of rotatable bonds is 4. The molecular weight excluding hydrogens is 427 g/mol.